The van der Waals surface area contributed by atoms with Crippen molar-refractivity contribution in [2.75, 3.05) is 45.2 Å². The van der Waals surface area contributed by atoms with E-state index in [1.807, 2.05) is 25.2 Å². The molecule has 1 aliphatic heterocycles. The van der Waals surface area contributed by atoms with Crippen LogP contribution in [0, 0.1) is 0 Å². The van der Waals surface area contributed by atoms with E-state index in [-0.39, 0.29) is 0 Å². The molecule has 0 radical (unpaired) electrons. The summed E-state index contributed by atoms with van der Waals surface area (Å²) < 4.78 is 0. The molecule has 0 aromatic heterocycles. The van der Waals surface area contributed by atoms with E-state index in [4.69, 9.17) is 11.6 Å². The van der Waals surface area contributed by atoms with Crippen molar-refractivity contribution in [2.45, 2.75) is 6.04 Å². The minimum absolute atomic E-state index is 0.563. The first-order valence-corrected chi connectivity index (χ1v) is 6.44. The van der Waals surface area contributed by atoms with Gasteiger partial charge in [0.2, 0.25) is 0 Å². The predicted molar refractivity (Wildman–Crippen MR) is 74.0 cm³/mol. The molecule has 0 aliphatic carbocycles. The van der Waals surface area contributed by atoms with E-state index in [1.165, 1.54) is 5.69 Å². The molecule has 1 aliphatic rings. The molecule has 1 atom stereocenters. The van der Waals surface area contributed by atoms with Gasteiger partial charge >= 0.3 is 0 Å². The average Bonchev–Trinajstić information content (AvgIpc) is 2.32. The Labute approximate surface area is 108 Å². The lowest BCUT2D eigenvalue weighted by atomic mass is 10.1. The Morgan fingerprint density at radius 1 is 1.41 bits per heavy atom. The fourth-order valence-corrected chi connectivity index (χ4v) is 2.49. The lowest BCUT2D eigenvalue weighted by molar-refractivity contribution is 0.216. The van der Waals surface area contributed by atoms with Gasteiger partial charge < -0.3 is 10.2 Å². The van der Waals surface area contributed by atoms with Gasteiger partial charge in [-0.3, -0.25) is 4.90 Å². The van der Waals surface area contributed by atoms with Crippen LogP contribution in [0.1, 0.15) is 0 Å². The zero-order valence-electron chi connectivity index (χ0n) is 10.5. The molecule has 1 N–H and O–H groups in total. The zero-order valence-corrected chi connectivity index (χ0v) is 11.2. The number of anilines is 1. The highest BCUT2D eigenvalue weighted by Gasteiger charge is 2.23. The predicted octanol–water partition coefficient (Wildman–Crippen LogP) is 1.68. The summed E-state index contributed by atoms with van der Waals surface area (Å²) in [7, 11) is 4.20. The van der Waals surface area contributed by atoms with Crippen molar-refractivity contribution in [2.24, 2.45) is 0 Å². The molecular weight excluding hydrogens is 234 g/mol. The van der Waals surface area contributed by atoms with Crippen molar-refractivity contribution in [1.29, 1.82) is 0 Å². The number of piperazine rings is 1. The molecular formula is C13H20ClN3. The second-order valence-corrected chi connectivity index (χ2v) is 5.05. The summed E-state index contributed by atoms with van der Waals surface area (Å²) in [5, 5.41) is 4.07. The van der Waals surface area contributed by atoms with Gasteiger partial charge in [0.05, 0.1) is 0 Å². The highest BCUT2D eigenvalue weighted by molar-refractivity contribution is 6.30. The van der Waals surface area contributed by atoms with Gasteiger partial charge in [-0.1, -0.05) is 17.7 Å². The maximum atomic E-state index is 6.04. The number of likely N-dealkylation sites (N-methyl/N-ethyl adjacent to an activating group) is 2. The Hall–Kier alpha value is -0.770. The molecule has 17 heavy (non-hydrogen) atoms. The van der Waals surface area contributed by atoms with Crippen molar-refractivity contribution >= 4 is 17.3 Å². The van der Waals surface area contributed by atoms with Gasteiger partial charge in [0.15, 0.2) is 0 Å². The van der Waals surface area contributed by atoms with Gasteiger partial charge in [-0.15, -0.1) is 0 Å². The van der Waals surface area contributed by atoms with Crippen molar-refractivity contribution in [3.8, 4) is 0 Å². The average molecular weight is 254 g/mol. The number of halogens is 1. The molecule has 0 bridgehead atoms. The first-order valence-electron chi connectivity index (χ1n) is 6.06. The molecule has 1 aromatic carbocycles. The first-order chi connectivity index (χ1) is 8.20. The van der Waals surface area contributed by atoms with Crippen LogP contribution >= 0.6 is 11.6 Å². The summed E-state index contributed by atoms with van der Waals surface area (Å²) in [6.07, 6.45) is 0. The Morgan fingerprint density at radius 3 is 2.94 bits per heavy atom. The molecule has 0 saturated carbocycles. The summed E-state index contributed by atoms with van der Waals surface area (Å²) >= 11 is 6.04. The molecule has 3 nitrogen and oxygen atoms in total. The van der Waals surface area contributed by atoms with Gasteiger partial charge in [0.25, 0.3) is 0 Å². The van der Waals surface area contributed by atoms with Gasteiger partial charge in [-0.2, -0.15) is 0 Å². The van der Waals surface area contributed by atoms with Crippen LogP contribution in [0.3, 0.4) is 0 Å². The maximum absolute atomic E-state index is 6.04. The van der Waals surface area contributed by atoms with Gasteiger partial charge in [0.1, 0.15) is 0 Å². The van der Waals surface area contributed by atoms with E-state index >= 15 is 0 Å². The van der Waals surface area contributed by atoms with E-state index in [1.54, 1.807) is 0 Å². The van der Waals surface area contributed by atoms with Crippen LogP contribution in [0.15, 0.2) is 24.3 Å². The molecule has 2 rings (SSSR count). The van der Waals surface area contributed by atoms with Crippen LogP contribution < -0.4 is 10.2 Å². The van der Waals surface area contributed by atoms with Crippen LogP contribution in [-0.4, -0.2) is 51.2 Å². The van der Waals surface area contributed by atoms with Crippen molar-refractivity contribution in [3.05, 3.63) is 29.3 Å². The van der Waals surface area contributed by atoms with E-state index in [2.05, 4.69) is 28.2 Å². The zero-order chi connectivity index (χ0) is 12.3. The largest absolute Gasteiger partial charge is 0.369 e. The van der Waals surface area contributed by atoms with E-state index in [0.717, 1.165) is 31.2 Å². The normalized spacial score (nSPS) is 21.8. The van der Waals surface area contributed by atoms with Crippen LogP contribution in [0.4, 0.5) is 5.69 Å². The number of nitrogens with one attached hydrogen (secondary N) is 1. The minimum Gasteiger partial charge on any atom is -0.369 e. The second-order valence-electron chi connectivity index (χ2n) is 4.62. The standard InChI is InChI=1S/C13H20ClN3/c1-15-9-13-10-17(7-6-16(13)2)12-5-3-4-11(14)8-12/h3-5,8,13,15H,6-7,9-10H2,1-2H3. The number of hydrogen-bond donors (Lipinski definition) is 1. The molecule has 4 heteroatoms. The Kier molecular flexibility index (Phi) is 4.26. The third-order valence-corrected chi connectivity index (χ3v) is 3.63. The smallest absolute Gasteiger partial charge is 0.0426 e. The van der Waals surface area contributed by atoms with Gasteiger partial charge in [-0.05, 0) is 32.3 Å². The highest BCUT2D eigenvalue weighted by atomic mass is 35.5. The molecule has 1 aromatic rings. The number of hydrogen-bond acceptors (Lipinski definition) is 3. The van der Waals surface area contributed by atoms with Gasteiger partial charge in [0, 0.05) is 42.9 Å². The summed E-state index contributed by atoms with van der Waals surface area (Å²) in [5.41, 5.74) is 1.23. The SMILES string of the molecule is CNCC1CN(c2cccc(Cl)c2)CCN1C. The molecule has 1 heterocycles. The molecule has 1 fully saturated rings. The number of nitrogens with zero attached hydrogens (tertiary/aromatic N) is 2. The third-order valence-electron chi connectivity index (χ3n) is 3.39. The topological polar surface area (TPSA) is 18.5 Å². The van der Waals surface area contributed by atoms with Crippen LogP contribution in [0.5, 0.6) is 0 Å². The van der Waals surface area contributed by atoms with Crippen molar-refractivity contribution in [1.82, 2.24) is 10.2 Å². The Bertz CT molecular complexity index is 369. The van der Waals surface area contributed by atoms with Crippen LogP contribution in [0.2, 0.25) is 5.02 Å². The lowest BCUT2D eigenvalue weighted by Gasteiger charge is -2.40. The summed E-state index contributed by atoms with van der Waals surface area (Å²) in [6, 6.07) is 8.68. The summed E-state index contributed by atoms with van der Waals surface area (Å²) in [4.78, 5) is 4.82. The van der Waals surface area contributed by atoms with Crippen LogP contribution in [-0.2, 0) is 0 Å². The fraction of sp³-hybridized carbons (Fsp3) is 0.538. The lowest BCUT2D eigenvalue weighted by Crippen LogP contribution is -2.54. The molecule has 0 amide bonds. The van der Waals surface area contributed by atoms with E-state index < -0.39 is 0 Å². The van der Waals surface area contributed by atoms with Crippen LogP contribution in [0.25, 0.3) is 0 Å². The fourth-order valence-electron chi connectivity index (χ4n) is 2.31. The Balaban J connectivity index is 2.07. The molecule has 0 spiro atoms. The monoisotopic (exact) mass is 253 g/mol. The van der Waals surface area contributed by atoms with E-state index in [0.29, 0.717) is 6.04 Å². The maximum Gasteiger partial charge on any atom is 0.0426 e. The highest BCUT2D eigenvalue weighted by Crippen LogP contribution is 2.21. The number of benzene rings is 1. The van der Waals surface area contributed by atoms with Crippen molar-refractivity contribution in [3.63, 3.8) is 0 Å². The molecule has 1 unspecified atom stereocenters. The quantitative estimate of drug-likeness (QED) is 0.884. The van der Waals surface area contributed by atoms with E-state index in [9.17, 15) is 0 Å². The van der Waals surface area contributed by atoms with Gasteiger partial charge in [-0.25, -0.2) is 0 Å². The molecule has 94 valence electrons. The number of rotatable bonds is 3. The Morgan fingerprint density at radius 2 is 2.24 bits per heavy atom. The summed E-state index contributed by atoms with van der Waals surface area (Å²) in [6.45, 7) is 4.24. The third kappa shape index (κ3) is 3.12. The second kappa shape index (κ2) is 5.71. The minimum atomic E-state index is 0.563. The summed E-state index contributed by atoms with van der Waals surface area (Å²) in [5.74, 6) is 0. The van der Waals surface area contributed by atoms with Crippen molar-refractivity contribution < 1.29 is 0 Å². The molecule has 1 saturated heterocycles. The first kappa shape index (κ1) is 12.7.